The summed E-state index contributed by atoms with van der Waals surface area (Å²) in [5.41, 5.74) is 3.98. The third-order valence-corrected chi connectivity index (χ3v) is 4.38. The zero-order chi connectivity index (χ0) is 20.0. The van der Waals surface area contributed by atoms with Gasteiger partial charge in [0.2, 0.25) is 11.8 Å². The SMILES string of the molecule is Cc1ccc(C)c(NC(=O)CN(C)[C@@H](C)C(=O)Nc2ccc(C#N)cc2)c1. The molecule has 2 aromatic carbocycles. The van der Waals surface area contributed by atoms with Crippen molar-refractivity contribution >= 4 is 23.2 Å². The number of amides is 2. The quantitative estimate of drug-likeness (QED) is 0.825. The molecule has 0 saturated heterocycles. The Hall–Kier alpha value is -3.17. The highest BCUT2D eigenvalue weighted by Crippen LogP contribution is 2.16. The molecule has 2 N–H and O–H groups in total. The summed E-state index contributed by atoms with van der Waals surface area (Å²) in [5.74, 6) is -0.397. The fourth-order valence-electron chi connectivity index (χ4n) is 2.50. The van der Waals surface area contributed by atoms with Gasteiger partial charge in [0.15, 0.2) is 0 Å². The van der Waals surface area contributed by atoms with Crippen molar-refractivity contribution in [3.05, 3.63) is 59.2 Å². The average Bonchev–Trinajstić information content (AvgIpc) is 2.64. The van der Waals surface area contributed by atoms with Crippen LogP contribution >= 0.6 is 0 Å². The second-order valence-electron chi connectivity index (χ2n) is 6.64. The molecule has 140 valence electrons. The predicted molar refractivity (Wildman–Crippen MR) is 106 cm³/mol. The number of nitrogens with zero attached hydrogens (tertiary/aromatic N) is 2. The summed E-state index contributed by atoms with van der Waals surface area (Å²) in [6, 6.07) is 14.0. The van der Waals surface area contributed by atoms with Gasteiger partial charge in [0.05, 0.1) is 24.2 Å². The van der Waals surface area contributed by atoms with E-state index < -0.39 is 6.04 Å². The van der Waals surface area contributed by atoms with E-state index in [1.165, 1.54) is 0 Å². The lowest BCUT2D eigenvalue weighted by Gasteiger charge is -2.23. The van der Waals surface area contributed by atoms with Crippen LogP contribution in [0.4, 0.5) is 11.4 Å². The molecule has 0 unspecified atom stereocenters. The van der Waals surface area contributed by atoms with E-state index in [0.717, 1.165) is 16.8 Å². The van der Waals surface area contributed by atoms with Gasteiger partial charge in [0.25, 0.3) is 0 Å². The minimum absolute atomic E-state index is 0.0926. The van der Waals surface area contributed by atoms with Crippen LogP contribution in [0.3, 0.4) is 0 Å². The van der Waals surface area contributed by atoms with E-state index in [0.29, 0.717) is 11.3 Å². The highest BCUT2D eigenvalue weighted by molar-refractivity contribution is 5.96. The fraction of sp³-hybridized carbons (Fsp3) is 0.286. The summed E-state index contributed by atoms with van der Waals surface area (Å²) in [7, 11) is 1.73. The van der Waals surface area contributed by atoms with E-state index >= 15 is 0 Å². The Morgan fingerprint density at radius 2 is 1.78 bits per heavy atom. The normalized spacial score (nSPS) is 11.6. The Labute approximate surface area is 159 Å². The van der Waals surface area contributed by atoms with E-state index in [9.17, 15) is 9.59 Å². The second-order valence-corrected chi connectivity index (χ2v) is 6.64. The summed E-state index contributed by atoms with van der Waals surface area (Å²) in [5, 5.41) is 14.5. The lowest BCUT2D eigenvalue weighted by Crippen LogP contribution is -2.43. The number of likely N-dealkylation sites (N-methyl/N-ethyl adjacent to an activating group) is 1. The molecule has 0 heterocycles. The molecule has 2 rings (SSSR count). The van der Waals surface area contributed by atoms with Gasteiger partial charge in [0, 0.05) is 11.4 Å². The van der Waals surface area contributed by atoms with Gasteiger partial charge in [-0.15, -0.1) is 0 Å². The maximum absolute atomic E-state index is 12.4. The molecule has 6 nitrogen and oxygen atoms in total. The third kappa shape index (κ3) is 5.66. The smallest absolute Gasteiger partial charge is 0.241 e. The molecule has 0 spiro atoms. The molecule has 0 radical (unpaired) electrons. The van der Waals surface area contributed by atoms with Crippen LogP contribution in [-0.2, 0) is 9.59 Å². The van der Waals surface area contributed by atoms with Crippen LogP contribution in [0, 0.1) is 25.2 Å². The first-order chi connectivity index (χ1) is 12.8. The van der Waals surface area contributed by atoms with Gasteiger partial charge in [0.1, 0.15) is 0 Å². The van der Waals surface area contributed by atoms with Crippen molar-refractivity contribution in [1.29, 1.82) is 5.26 Å². The van der Waals surface area contributed by atoms with Crippen LogP contribution in [0.1, 0.15) is 23.6 Å². The number of hydrogen-bond donors (Lipinski definition) is 2. The molecular formula is C21H24N4O2. The number of hydrogen-bond acceptors (Lipinski definition) is 4. The summed E-state index contributed by atoms with van der Waals surface area (Å²) in [6.45, 7) is 5.74. The number of nitriles is 1. The number of rotatable bonds is 6. The molecule has 0 aliphatic heterocycles. The minimum atomic E-state index is -0.495. The first-order valence-corrected chi connectivity index (χ1v) is 8.68. The monoisotopic (exact) mass is 364 g/mol. The summed E-state index contributed by atoms with van der Waals surface area (Å²) in [4.78, 5) is 26.4. The fourth-order valence-corrected chi connectivity index (χ4v) is 2.50. The Morgan fingerprint density at radius 1 is 1.11 bits per heavy atom. The Balaban J connectivity index is 1.92. The summed E-state index contributed by atoms with van der Waals surface area (Å²) >= 11 is 0. The van der Waals surface area contributed by atoms with Crippen LogP contribution in [0.25, 0.3) is 0 Å². The molecule has 0 saturated carbocycles. The molecule has 1 atom stereocenters. The standard InChI is InChI=1S/C21H24N4O2/c1-14-5-6-15(2)19(11-14)24-20(26)13-25(4)16(3)21(27)23-18-9-7-17(12-22)8-10-18/h5-11,16H,13H2,1-4H3,(H,23,27)(H,24,26)/t16-/m0/s1. The van der Waals surface area contributed by atoms with Crippen molar-refractivity contribution in [2.75, 3.05) is 24.2 Å². The second kappa shape index (κ2) is 8.97. The zero-order valence-electron chi connectivity index (χ0n) is 16.0. The highest BCUT2D eigenvalue weighted by Gasteiger charge is 2.20. The molecule has 27 heavy (non-hydrogen) atoms. The van der Waals surface area contributed by atoms with Crippen molar-refractivity contribution < 1.29 is 9.59 Å². The van der Waals surface area contributed by atoms with Gasteiger partial charge in [-0.05, 0) is 69.3 Å². The summed E-state index contributed by atoms with van der Waals surface area (Å²) in [6.07, 6.45) is 0. The van der Waals surface area contributed by atoms with Crippen molar-refractivity contribution in [3.63, 3.8) is 0 Å². The molecule has 6 heteroatoms. The molecular weight excluding hydrogens is 340 g/mol. The van der Waals surface area contributed by atoms with Gasteiger partial charge < -0.3 is 10.6 Å². The number of benzene rings is 2. The van der Waals surface area contributed by atoms with Crippen LogP contribution in [0.2, 0.25) is 0 Å². The number of nitrogens with one attached hydrogen (secondary N) is 2. The van der Waals surface area contributed by atoms with Gasteiger partial charge in [-0.3, -0.25) is 14.5 Å². The van der Waals surface area contributed by atoms with E-state index in [1.807, 2.05) is 38.1 Å². The van der Waals surface area contributed by atoms with Gasteiger partial charge in [-0.25, -0.2) is 0 Å². The first kappa shape index (κ1) is 20.1. The van der Waals surface area contributed by atoms with Crippen LogP contribution in [0.5, 0.6) is 0 Å². The lowest BCUT2D eigenvalue weighted by atomic mass is 10.1. The van der Waals surface area contributed by atoms with Crippen molar-refractivity contribution in [2.45, 2.75) is 26.8 Å². The number of aryl methyl sites for hydroxylation is 2. The number of carbonyl (C=O) groups is 2. The van der Waals surface area contributed by atoms with Crippen molar-refractivity contribution in [3.8, 4) is 6.07 Å². The predicted octanol–water partition coefficient (Wildman–Crippen LogP) is 3.07. The lowest BCUT2D eigenvalue weighted by molar-refractivity contribution is -0.122. The molecule has 0 aliphatic carbocycles. The number of carbonyl (C=O) groups excluding carboxylic acids is 2. The van der Waals surface area contributed by atoms with Crippen LogP contribution in [-0.4, -0.2) is 36.3 Å². The maximum Gasteiger partial charge on any atom is 0.241 e. The Kier molecular flexibility index (Phi) is 6.69. The largest absolute Gasteiger partial charge is 0.325 e. The first-order valence-electron chi connectivity index (χ1n) is 8.68. The minimum Gasteiger partial charge on any atom is -0.325 e. The van der Waals surface area contributed by atoms with Gasteiger partial charge in [-0.2, -0.15) is 5.26 Å². The van der Waals surface area contributed by atoms with Gasteiger partial charge in [-0.1, -0.05) is 12.1 Å². The van der Waals surface area contributed by atoms with E-state index in [1.54, 1.807) is 43.1 Å². The Bertz CT molecular complexity index is 869. The molecule has 0 fully saturated rings. The highest BCUT2D eigenvalue weighted by atomic mass is 16.2. The molecule has 0 aromatic heterocycles. The molecule has 0 bridgehead atoms. The van der Waals surface area contributed by atoms with Gasteiger partial charge >= 0.3 is 0 Å². The van der Waals surface area contributed by atoms with E-state index in [-0.39, 0.29) is 18.4 Å². The van der Waals surface area contributed by atoms with Crippen LogP contribution < -0.4 is 10.6 Å². The number of anilines is 2. The van der Waals surface area contributed by atoms with Crippen LogP contribution in [0.15, 0.2) is 42.5 Å². The van der Waals surface area contributed by atoms with E-state index in [4.69, 9.17) is 5.26 Å². The Morgan fingerprint density at radius 3 is 2.41 bits per heavy atom. The maximum atomic E-state index is 12.4. The molecule has 0 aliphatic rings. The average molecular weight is 364 g/mol. The zero-order valence-corrected chi connectivity index (χ0v) is 16.0. The molecule has 2 aromatic rings. The third-order valence-electron chi connectivity index (χ3n) is 4.38. The molecule has 2 amide bonds. The topological polar surface area (TPSA) is 85.2 Å². The van der Waals surface area contributed by atoms with Crippen molar-refractivity contribution in [2.24, 2.45) is 0 Å². The van der Waals surface area contributed by atoms with Crippen molar-refractivity contribution in [1.82, 2.24) is 4.90 Å². The van der Waals surface area contributed by atoms with E-state index in [2.05, 4.69) is 10.6 Å². The summed E-state index contributed by atoms with van der Waals surface area (Å²) < 4.78 is 0.